The van der Waals surface area contributed by atoms with Crippen molar-refractivity contribution in [3.8, 4) is 0 Å². The summed E-state index contributed by atoms with van der Waals surface area (Å²) in [6.45, 7) is 2.16. The van der Waals surface area contributed by atoms with Crippen molar-refractivity contribution in [1.29, 1.82) is 0 Å². The Morgan fingerprint density at radius 2 is 1.75 bits per heavy atom. The molecule has 1 aliphatic carbocycles. The quantitative estimate of drug-likeness (QED) is 0.860. The van der Waals surface area contributed by atoms with Crippen LogP contribution in [0.2, 0.25) is 0 Å². The molecule has 0 unspecified atom stereocenters. The number of ether oxygens (including phenoxy) is 1. The average Bonchev–Trinajstić information content (AvgIpc) is 3.38. The third-order valence-electron chi connectivity index (χ3n) is 5.99. The summed E-state index contributed by atoms with van der Waals surface area (Å²) in [4.78, 5) is 41.9. The summed E-state index contributed by atoms with van der Waals surface area (Å²) < 4.78 is 5.32. The first-order chi connectivity index (χ1) is 13.6. The number of benzene rings is 1. The normalized spacial score (nSPS) is 23.3. The molecule has 0 spiro atoms. The molecule has 2 heterocycles. The highest BCUT2D eigenvalue weighted by Gasteiger charge is 2.41. The number of morpholine rings is 1. The van der Waals surface area contributed by atoms with Gasteiger partial charge >= 0.3 is 0 Å². The van der Waals surface area contributed by atoms with E-state index in [0.29, 0.717) is 50.4 Å². The zero-order valence-electron chi connectivity index (χ0n) is 16.1. The lowest BCUT2D eigenvalue weighted by Crippen LogP contribution is -2.46. The fraction of sp³-hybridized carbons (Fsp3) is 0.571. The van der Waals surface area contributed by atoms with Crippen molar-refractivity contribution < 1.29 is 19.1 Å². The molecule has 0 bridgehead atoms. The Bertz CT molecular complexity index is 754. The molecule has 1 aromatic rings. The molecule has 4 rings (SSSR count). The van der Waals surface area contributed by atoms with Gasteiger partial charge in [-0.3, -0.25) is 14.4 Å². The fourth-order valence-electron chi connectivity index (χ4n) is 4.53. The lowest BCUT2D eigenvalue weighted by molar-refractivity contribution is -0.135. The van der Waals surface area contributed by atoms with E-state index in [1.807, 2.05) is 0 Å². The van der Waals surface area contributed by atoms with E-state index in [-0.39, 0.29) is 23.8 Å². The van der Waals surface area contributed by atoms with Crippen LogP contribution in [0.25, 0.3) is 0 Å². The molecule has 2 saturated heterocycles. The largest absolute Gasteiger partial charge is 0.378 e. The maximum Gasteiger partial charge on any atom is 0.256 e. The highest BCUT2D eigenvalue weighted by Crippen LogP contribution is 2.31. The maximum atomic E-state index is 13.0. The van der Waals surface area contributed by atoms with Gasteiger partial charge in [0.2, 0.25) is 11.8 Å². The topological polar surface area (TPSA) is 79.0 Å². The van der Waals surface area contributed by atoms with Crippen LogP contribution in [0.5, 0.6) is 0 Å². The van der Waals surface area contributed by atoms with Gasteiger partial charge < -0.3 is 19.9 Å². The number of likely N-dealkylation sites (tertiary alicyclic amines) is 1. The predicted octanol–water partition coefficient (Wildman–Crippen LogP) is 2.03. The fourth-order valence-corrected chi connectivity index (χ4v) is 4.53. The van der Waals surface area contributed by atoms with Gasteiger partial charge in [0.15, 0.2) is 0 Å². The van der Waals surface area contributed by atoms with Crippen LogP contribution >= 0.6 is 0 Å². The Labute approximate surface area is 165 Å². The van der Waals surface area contributed by atoms with Gasteiger partial charge in [-0.2, -0.15) is 0 Å². The van der Waals surface area contributed by atoms with E-state index in [1.165, 1.54) is 0 Å². The summed E-state index contributed by atoms with van der Waals surface area (Å²) in [5.41, 5.74) is 0.990. The summed E-state index contributed by atoms with van der Waals surface area (Å²) in [5.74, 6) is -0.223. The Morgan fingerprint density at radius 3 is 2.50 bits per heavy atom. The number of carbonyl (C=O) groups excluding carboxylic acids is 3. The average molecular weight is 385 g/mol. The van der Waals surface area contributed by atoms with Gasteiger partial charge in [0, 0.05) is 25.6 Å². The SMILES string of the molecule is O=C(Nc1ccccc1C(=O)N1CCOCC1)[C@@H]1CCC(=O)N1C1CCCC1. The smallest absolute Gasteiger partial charge is 0.256 e. The van der Waals surface area contributed by atoms with E-state index in [4.69, 9.17) is 4.74 Å². The molecule has 1 N–H and O–H groups in total. The van der Waals surface area contributed by atoms with Crippen molar-refractivity contribution >= 4 is 23.4 Å². The van der Waals surface area contributed by atoms with E-state index in [9.17, 15) is 14.4 Å². The molecule has 1 saturated carbocycles. The maximum absolute atomic E-state index is 13.0. The molecule has 1 atom stereocenters. The Hall–Kier alpha value is -2.41. The third kappa shape index (κ3) is 3.76. The highest BCUT2D eigenvalue weighted by atomic mass is 16.5. The standard InChI is InChI=1S/C21H27N3O4/c25-19-10-9-18(24(19)15-5-1-2-6-15)20(26)22-17-8-4-3-7-16(17)21(27)23-11-13-28-14-12-23/h3-4,7-8,15,18H,1-2,5-6,9-14H2,(H,22,26)/t18-/m0/s1. The molecule has 7 nitrogen and oxygen atoms in total. The van der Waals surface area contributed by atoms with Crippen molar-refractivity contribution in [3.63, 3.8) is 0 Å². The van der Waals surface area contributed by atoms with Crippen LogP contribution in [0, 0.1) is 0 Å². The van der Waals surface area contributed by atoms with Crippen LogP contribution in [-0.4, -0.2) is 65.9 Å². The number of hydrogen-bond donors (Lipinski definition) is 1. The van der Waals surface area contributed by atoms with Crippen molar-refractivity contribution in [2.24, 2.45) is 0 Å². The van der Waals surface area contributed by atoms with Gasteiger partial charge in [0.25, 0.3) is 5.91 Å². The number of anilines is 1. The van der Waals surface area contributed by atoms with Crippen molar-refractivity contribution in [1.82, 2.24) is 9.80 Å². The minimum atomic E-state index is -0.442. The number of amides is 3. The Balaban J connectivity index is 1.50. The highest BCUT2D eigenvalue weighted by molar-refractivity contribution is 6.06. The first-order valence-corrected chi connectivity index (χ1v) is 10.2. The van der Waals surface area contributed by atoms with Gasteiger partial charge in [-0.05, 0) is 31.4 Å². The van der Waals surface area contributed by atoms with Crippen LogP contribution in [0.4, 0.5) is 5.69 Å². The Kier molecular flexibility index (Phi) is 5.62. The van der Waals surface area contributed by atoms with Gasteiger partial charge in [0.05, 0.1) is 24.5 Å². The number of carbonyl (C=O) groups is 3. The van der Waals surface area contributed by atoms with Gasteiger partial charge in [-0.1, -0.05) is 25.0 Å². The molecule has 0 radical (unpaired) electrons. The van der Waals surface area contributed by atoms with E-state index in [1.54, 1.807) is 34.1 Å². The monoisotopic (exact) mass is 385 g/mol. The van der Waals surface area contributed by atoms with Crippen LogP contribution in [0.15, 0.2) is 24.3 Å². The number of hydrogen-bond acceptors (Lipinski definition) is 4. The molecular formula is C21H27N3O4. The molecule has 2 aliphatic heterocycles. The van der Waals surface area contributed by atoms with E-state index in [2.05, 4.69) is 5.32 Å². The number of rotatable bonds is 4. The molecule has 28 heavy (non-hydrogen) atoms. The number of nitrogens with zero attached hydrogens (tertiary/aromatic N) is 2. The molecule has 7 heteroatoms. The summed E-state index contributed by atoms with van der Waals surface area (Å²) in [7, 11) is 0. The predicted molar refractivity (Wildman–Crippen MR) is 104 cm³/mol. The minimum absolute atomic E-state index is 0.0738. The number of nitrogens with one attached hydrogen (secondary N) is 1. The summed E-state index contributed by atoms with van der Waals surface area (Å²) in [6.07, 6.45) is 5.13. The zero-order chi connectivity index (χ0) is 19.5. The second kappa shape index (κ2) is 8.31. The molecule has 0 aromatic heterocycles. The molecule has 3 fully saturated rings. The summed E-state index contributed by atoms with van der Waals surface area (Å²) in [5, 5.41) is 2.93. The third-order valence-corrected chi connectivity index (χ3v) is 5.99. The summed E-state index contributed by atoms with van der Waals surface area (Å²) >= 11 is 0. The molecule has 3 aliphatic rings. The minimum Gasteiger partial charge on any atom is -0.378 e. The zero-order valence-corrected chi connectivity index (χ0v) is 16.1. The van der Waals surface area contributed by atoms with Crippen LogP contribution in [0.1, 0.15) is 48.9 Å². The molecule has 150 valence electrons. The van der Waals surface area contributed by atoms with Gasteiger partial charge in [-0.15, -0.1) is 0 Å². The van der Waals surface area contributed by atoms with Gasteiger partial charge in [-0.25, -0.2) is 0 Å². The molecule has 1 aromatic carbocycles. The van der Waals surface area contributed by atoms with Gasteiger partial charge in [0.1, 0.15) is 6.04 Å². The Morgan fingerprint density at radius 1 is 1.04 bits per heavy atom. The van der Waals surface area contributed by atoms with Crippen LogP contribution in [0.3, 0.4) is 0 Å². The lowest BCUT2D eigenvalue weighted by Gasteiger charge is -2.30. The summed E-state index contributed by atoms with van der Waals surface area (Å²) in [6, 6.07) is 6.83. The van der Waals surface area contributed by atoms with Crippen molar-refractivity contribution in [2.45, 2.75) is 50.6 Å². The second-order valence-electron chi connectivity index (χ2n) is 7.73. The lowest BCUT2D eigenvalue weighted by atomic mass is 10.1. The van der Waals surface area contributed by atoms with Crippen LogP contribution in [-0.2, 0) is 14.3 Å². The first-order valence-electron chi connectivity index (χ1n) is 10.2. The molecule has 3 amide bonds. The number of para-hydroxylation sites is 1. The van der Waals surface area contributed by atoms with E-state index < -0.39 is 6.04 Å². The van der Waals surface area contributed by atoms with Crippen molar-refractivity contribution in [3.05, 3.63) is 29.8 Å². The van der Waals surface area contributed by atoms with Crippen LogP contribution < -0.4 is 5.32 Å². The molecular weight excluding hydrogens is 358 g/mol. The van der Waals surface area contributed by atoms with Crippen molar-refractivity contribution in [2.75, 3.05) is 31.6 Å². The van der Waals surface area contributed by atoms with E-state index in [0.717, 1.165) is 25.7 Å². The van der Waals surface area contributed by atoms with E-state index >= 15 is 0 Å². The second-order valence-corrected chi connectivity index (χ2v) is 7.73. The first kappa shape index (κ1) is 18.9.